The van der Waals surface area contributed by atoms with Crippen molar-refractivity contribution in [2.75, 3.05) is 0 Å². The molecule has 2 nitrogen and oxygen atoms in total. The third kappa shape index (κ3) is 2.17. The molecule has 0 fully saturated rings. The van der Waals surface area contributed by atoms with Gasteiger partial charge in [0.05, 0.1) is 5.56 Å². The molecule has 2 rings (SSSR count). The predicted octanol–water partition coefficient (Wildman–Crippen LogP) is 3.49. The third-order valence-corrected chi connectivity index (χ3v) is 2.58. The minimum absolute atomic E-state index is 0.0172. The van der Waals surface area contributed by atoms with Gasteiger partial charge in [-0.3, -0.25) is 4.79 Å². The van der Waals surface area contributed by atoms with Gasteiger partial charge in [0.1, 0.15) is 16.8 Å². The average molecular weight is 254 g/mol. The lowest BCUT2D eigenvalue weighted by Gasteiger charge is -2.07. The summed E-state index contributed by atoms with van der Waals surface area (Å²) >= 11 is 5.71. The second-order valence-corrected chi connectivity index (χ2v) is 3.66. The standard InChI is InChI=1S/C12H6ClF2NO/c13-12-10(6-17)8(3-4-16-12)9-5-7(14)1-2-11(9)15/h1-6H. The molecule has 17 heavy (non-hydrogen) atoms. The highest BCUT2D eigenvalue weighted by Crippen LogP contribution is 2.28. The van der Waals surface area contributed by atoms with Crippen LogP contribution in [0.3, 0.4) is 0 Å². The molecule has 0 saturated carbocycles. The smallest absolute Gasteiger partial charge is 0.153 e. The van der Waals surface area contributed by atoms with Gasteiger partial charge in [0, 0.05) is 11.8 Å². The first kappa shape index (κ1) is 11.7. The van der Waals surface area contributed by atoms with Crippen LogP contribution in [0.25, 0.3) is 11.1 Å². The number of carbonyl (C=O) groups is 1. The summed E-state index contributed by atoms with van der Waals surface area (Å²) in [6.45, 7) is 0. The van der Waals surface area contributed by atoms with Gasteiger partial charge in [0.15, 0.2) is 6.29 Å². The lowest BCUT2D eigenvalue weighted by molar-refractivity contribution is 0.112. The summed E-state index contributed by atoms with van der Waals surface area (Å²) in [6, 6.07) is 4.41. The third-order valence-electron chi connectivity index (χ3n) is 2.28. The fourth-order valence-electron chi connectivity index (χ4n) is 1.50. The summed E-state index contributed by atoms with van der Waals surface area (Å²) in [4.78, 5) is 14.6. The molecule has 1 aromatic carbocycles. The lowest BCUT2D eigenvalue weighted by Crippen LogP contribution is -1.94. The maximum atomic E-state index is 13.6. The number of aromatic nitrogens is 1. The minimum atomic E-state index is -0.628. The zero-order valence-corrected chi connectivity index (χ0v) is 9.21. The number of pyridine rings is 1. The van der Waals surface area contributed by atoms with Crippen LogP contribution < -0.4 is 0 Å². The van der Waals surface area contributed by atoms with Crippen LogP contribution in [-0.4, -0.2) is 11.3 Å². The monoisotopic (exact) mass is 253 g/mol. The van der Waals surface area contributed by atoms with Gasteiger partial charge in [0.2, 0.25) is 0 Å². The van der Waals surface area contributed by atoms with Gasteiger partial charge < -0.3 is 0 Å². The van der Waals surface area contributed by atoms with E-state index in [9.17, 15) is 13.6 Å². The van der Waals surface area contributed by atoms with E-state index in [2.05, 4.69) is 4.98 Å². The molecule has 0 spiro atoms. The Morgan fingerprint density at radius 1 is 1.18 bits per heavy atom. The van der Waals surface area contributed by atoms with Crippen LogP contribution in [0.4, 0.5) is 8.78 Å². The van der Waals surface area contributed by atoms with E-state index in [1.54, 1.807) is 0 Å². The van der Waals surface area contributed by atoms with Crippen LogP contribution in [0, 0.1) is 11.6 Å². The predicted molar refractivity (Wildman–Crippen MR) is 60.0 cm³/mol. The van der Waals surface area contributed by atoms with E-state index in [4.69, 9.17) is 11.6 Å². The molecule has 0 aliphatic rings. The van der Waals surface area contributed by atoms with E-state index in [-0.39, 0.29) is 21.8 Å². The first-order valence-electron chi connectivity index (χ1n) is 4.68. The van der Waals surface area contributed by atoms with Crippen molar-refractivity contribution in [3.63, 3.8) is 0 Å². The van der Waals surface area contributed by atoms with Crippen molar-refractivity contribution in [2.24, 2.45) is 0 Å². The Morgan fingerprint density at radius 2 is 1.94 bits per heavy atom. The van der Waals surface area contributed by atoms with Gasteiger partial charge in [-0.1, -0.05) is 11.6 Å². The molecule has 0 bridgehead atoms. The van der Waals surface area contributed by atoms with Crippen molar-refractivity contribution in [3.8, 4) is 11.1 Å². The molecule has 86 valence electrons. The van der Waals surface area contributed by atoms with Crippen LogP contribution in [0.1, 0.15) is 10.4 Å². The van der Waals surface area contributed by atoms with Gasteiger partial charge in [-0.05, 0) is 29.8 Å². The summed E-state index contributed by atoms with van der Waals surface area (Å²) in [5, 5.41) is -0.0406. The molecular formula is C12H6ClF2NO. The Kier molecular flexibility index (Phi) is 3.15. The van der Waals surface area contributed by atoms with E-state index in [1.807, 2.05) is 0 Å². The zero-order chi connectivity index (χ0) is 12.4. The molecule has 0 saturated heterocycles. The number of benzene rings is 1. The SMILES string of the molecule is O=Cc1c(-c2cc(F)ccc2F)ccnc1Cl. The second-order valence-electron chi connectivity index (χ2n) is 3.31. The van der Waals surface area contributed by atoms with Crippen molar-refractivity contribution in [2.45, 2.75) is 0 Å². The maximum Gasteiger partial charge on any atom is 0.153 e. The Bertz CT molecular complexity index is 587. The maximum absolute atomic E-state index is 13.6. The zero-order valence-electron chi connectivity index (χ0n) is 8.45. The molecular weight excluding hydrogens is 248 g/mol. The molecule has 0 aliphatic heterocycles. The highest BCUT2D eigenvalue weighted by atomic mass is 35.5. The first-order valence-corrected chi connectivity index (χ1v) is 5.06. The fourth-order valence-corrected chi connectivity index (χ4v) is 1.70. The molecule has 5 heteroatoms. The number of hydrogen-bond acceptors (Lipinski definition) is 2. The number of halogens is 3. The molecule has 0 unspecified atom stereocenters. The largest absolute Gasteiger partial charge is 0.298 e. The normalized spacial score (nSPS) is 10.3. The number of aldehydes is 1. The molecule has 0 N–H and O–H groups in total. The minimum Gasteiger partial charge on any atom is -0.298 e. The van der Waals surface area contributed by atoms with Crippen molar-refractivity contribution in [1.29, 1.82) is 0 Å². The van der Waals surface area contributed by atoms with Gasteiger partial charge in [-0.25, -0.2) is 13.8 Å². The number of nitrogens with zero attached hydrogens (tertiary/aromatic N) is 1. The van der Waals surface area contributed by atoms with Crippen LogP contribution in [0.15, 0.2) is 30.5 Å². The highest BCUT2D eigenvalue weighted by Gasteiger charge is 2.13. The Hall–Kier alpha value is -1.81. The molecule has 1 heterocycles. The number of hydrogen-bond donors (Lipinski definition) is 0. The molecule has 0 aliphatic carbocycles. The molecule has 2 aromatic rings. The quantitative estimate of drug-likeness (QED) is 0.606. The van der Waals surface area contributed by atoms with E-state index in [0.717, 1.165) is 18.2 Å². The van der Waals surface area contributed by atoms with Crippen molar-refractivity contribution in [1.82, 2.24) is 4.98 Å². The summed E-state index contributed by atoms with van der Waals surface area (Å²) < 4.78 is 26.6. The Labute approximate surface area is 101 Å². The molecule has 1 aromatic heterocycles. The van der Waals surface area contributed by atoms with Crippen molar-refractivity contribution >= 4 is 17.9 Å². The summed E-state index contributed by atoms with van der Waals surface area (Å²) in [5.41, 5.74) is 0.243. The van der Waals surface area contributed by atoms with Crippen LogP contribution >= 0.6 is 11.6 Å². The van der Waals surface area contributed by atoms with Crippen LogP contribution in [0.2, 0.25) is 5.15 Å². The summed E-state index contributed by atoms with van der Waals surface area (Å²) in [7, 11) is 0. The van der Waals surface area contributed by atoms with Gasteiger partial charge in [0.25, 0.3) is 0 Å². The summed E-state index contributed by atoms with van der Waals surface area (Å²) in [5.74, 6) is -1.22. The second kappa shape index (κ2) is 4.59. The summed E-state index contributed by atoms with van der Waals surface area (Å²) in [6.07, 6.45) is 1.80. The first-order chi connectivity index (χ1) is 8.13. The van der Waals surface area contributed by atoms with Crippen molar-refractivity contribution < 1.29 is 13.6 Å². The number of carbonyl (C=O) groups excluding carboxylic acids is 1. The van der Waals surface area contributed by atoms with Gasteiger partial charge in [-0.15, -0.1) is 0 Å². The molecule has 0 atom stereocenters. The fraction of sp³-hybridized carbons (Fsp3) is 0. The van der Waals surface area contributed by atoms with Gasteiger partial charge >= 0.3 is 0 Å². The van der Waals surface area contributed by atoms with E-state index >= 15 is 0 Å². The highest BCUT2D eigenvalue weighted by molar-refractivity contribution is 6.32. The van der Waals surface area contributed by atoms with Crippen LogP contribution in [-0.2, 0) is 0 Å². The average Bonchev–Trinajstić information content (AvgIpc) is 2.32. The van der Waals surface area contributed by atoms with E-state index in [1.165, 1.54) is 12.3 Å². The molecule has 0 radical (unpaired) electrons. The lowest BCUT2D eigenvalue weighted by atomic mass is 10.0. The topological polar surface area (TPSA) is 30.0 Å². The Balaban J connectivity index is 2.72. The molecule has 0 amide bonds. The van der Waals surface area contributed by atoms with Crippen LogP contribution in [0.5, 0.6) is 0 Å². The number of rotatable bonds is 2. The van der Waals surface area contributed by atoms with Crippen molar-refractivity contribution in [3.05, 3.63) is 52.8 Å². The Morgan fingerprint density at radius 3 is 2.65 bits per heavy atom. The van der Waals surface area contributed by atoms with E-state index in [0.29, 0.717) is 6.29 Å². The van der Waals surface area contributed by atoms with E-state index < -0.39 is 11.6 Å². The van der Waals surface area contributed by atoms with Gasteiger partial charge in [-0.2, -0.15) is 0 Å².